The number of nitro groups is 1. The van der Waals surface area contributed by atoms with E-state index in [-0.39, 0.29) is 36.6 Å². The summed E-state index contributed by atoms with van der Waals surface area (Å²) in [6.45, 7) is 3.36. The first-order valence-corrected chi connectivity index (χ1v) is 10.6. The Morgan fingerprint density at radius 3 is 2.28 bits per heavy atom. The number of nitrogens with zero attached hydrogens (tertiary/aromatic N) is 5. The van der Waals surface area contributed by atoms with Gasteiger partial charge in [0.2, 0.25) is 18.6 Å². The molecule has 1 aromatic heterocycles. The molecule has 2 atom stereocenters. The zero-order valence-electron chi connectivity index (χ0n) is 18.0. The quantitative estimate of drug-likeness (QED) is 0.283. The number of hydrogen-bond donors (Lipinski definition) is 0. The number of rotatable bonds is 6. The molecule has 0 radical (unpaired) electrons. The van der Waals surface area contributed by atoms with Crippen LogP contribution in [-0.2, 0) is 14.3 Å². The summed E-state index contributed by atoms with van der Waals surface area (Å²) >= 11 is 0. The molecule has 1 saturated carbocycles. The SMILES string of the molecule is C1=C[C@@H]2CCC1C2.CCOC(=O)N1CCN(c2ncc(N(C=O)C=O)cc2[N+](=O)[O-])CC1. The van der Waals surface area contributed by atoms with Gasteiger partial charge in [-0.15, -0.1) is 0 Å². The Hall–Kier alpha value is -3.50. The monoisotopic (exact) mass is 445 g/mol. The van der Waals surface area contributed by atoms with Crippen LogP contribution in [0.2, 0.25) is 0 Å². The Kier molecular flexibility index (Phi) is 7.74. The second-order valence-corrected chi connectivity index (χ2v) is 7.80. The maximum Gasteiger partial charge on any atom is 0.409 e. The van der Waals surface area contributed by atoms with Crippen LogP contribution >= 0.6 is 0 Å². The van der Waals surface area contributed by atoms with Gasteiger partial charge in [0, 0.05) is 32.2 Å². The Morgan fingerprint density at radius 2 is 1.84 bits per heavy atom. The molecule has 2 fully saturated rings. The number of carbonyl (C=O) groups excluding carboxylic acids is 3. The maximum absolute atomic E-state index is 11.7. The maximum atomic E-state index is 11.7. The minimum Gasteiger partial charge on any atom is -0.450 e. The minimum absolute atomic E-state index is 0.00519. The minimum atomic E-state index is -0.628. The van der Waals surface area contributed by atoms with E-state index in [0.29, 0.717) is 31.1 Å². The molecule has 11 nitrogen and oxygen atoms in total. The summed E-state index contributed by atoms with van der Waals surface area (Å²) in [5, 5.41) is 11.3. The number of pyridine rings is 1. The highest BCUT2D eigenvalue weighted by atomic mass is 16.6. The van der Waals surface area contributed by atoms with Crippen molar-refractivity contribution in [3.05, 3.63) is 34.5 Å². The lowest BCUT2D eigenvalue weighted by atomic mass is 10.1. The molecule has 172 valence electrons. The normalized spacial score (nSPS) is 20.9. The van der Waals surface area contributed by atoms with E-state index in [1.807, 2.05) is 0 Å². The second kappa shape index (κ2) is 10.7. The summed E-state index contributed by atoms with van der Waals surface area (Å²) in [5.74, 6) is 2.10. The van der Waals surface area contributed by atoms with Gasteiger partial charge in [-0.2, -0.15) is 0 Å². The van der Waals surface area contributed by atoms with Gasteiger partial charge in [0.05, 0.1) is 23.4 Å². The van der Waals surface area contributed by atoms with Crippen molar-refractivity contribution in [1.29, 1.82) is 0 Å². The van der Waals surface area contributed by atoms with Crippen LogP contribution < -0.4 is 9.80 Å². The molecule has 0 aromatic carbocycles. The predicted molar refractivity (Wildman–Crippen MR) is 116 cm³/mol. The van der Waals surface area contributed by atoms with Crippen molar-refractivity contribution >= 4 is 36.1 Å². The van der Waals surface area contributed by atoms with Crippen molar-refractivity contribution in [3.63, 3.8) is 0 Å². The highest BCUT2D eigenvalue weighted by molar-refractivity contribution is 5.95. The van der Waals surface area contributed by atoms with E-state index < -0.39 is 11.0 Å². The summed E-state index contributed by atoms with van der Waals surface area (Å²) in [6.07, 6.45) is 10.5. The van der Waals surface area contributed by atoms with Gasteiger partial charge in [-0.25, -0.2) is 9.78 Å². The topological polar surface area (TPSA) is 126 Å². The lowest BCUT2D eigenvalue weighted by Gasteiger charge is -2.34. The van der Waals surface area contributed by atoms with Crippen LogP contribution in [0.15, 0.2) is 24.4 Å². The number of hydrogen-bond acceptors (Lipinski definition) is 8. The highest BCUT2D eigenvalue weighted by Crippen LogP contribution is 2.38. The molecule has 2 heterocycles. The fourth-order valence-corrected chi connectivity index (χ4v) is 4.13. The van der Waals surface area contributed by atoms with Crippen molar-refractivity contribution in [1.82, 2.24) is 9.88 Å². The lowest BCUT2D eigenvalue weighted by Crippen LogP contribution is -2.49. The van der Waals surface area contributed by atoms with E-state index in [4.69, 9.17) is 4.74 Å². The summed E-state index contributed by atoms with van der Waals surface area (Å²) in [7, 11) is 0. The summed E-state index contributed by atoms with van der Waals surface area (Å²) in [6, 6.07) is 1.11. The van der Waals surface area contributed by atoms with Crippen molar-refractivity contribution in [2.75, 3.05) is 42.6 Å². The molecule has 2 aliphatic carbocycles. The highest BCUT2D eigenvalue weighted by Gasteiger charge is 2.28. The fourth-order valence-electron chi connectivity index (χ4n) is 4.13. The molecular formula is C21H27N5O6. The Labute approximate surface area is 185 Å². The van der Waals surface area contributed by atoms with E-state index in [1.54, 1.807) is 11.8 Å². The summed E-state index contributed by atoms with van der Waals surface area (Å²) in [5.41, 5.74) is -0.318. The molecule has 4 rings (SSSR count). The van der Waals surface area contributed by atoms with Crippen LogP contribution in [0.5, 0.6) is 0 Å². The second-order valence-electron chi connectivity index (χ2n) is 7.80. The molecule has 3 aliphatic rings. The van der Waals surface area contributed by atoms with Crippen LogP contribution in [0.1, 0.15) is 26.2 Å². The van der Waals surface area contributed by atoms with Gasteiger partial charge >= 0.3 is 11.8 Å². The summed E-state index contributed by atoms with van der Waals surface area (Å²) < 4.78 is 4.92. The number of imide groups is 1. The third-order valence-corrected chi connectivity index (χ3v) is 5.83. The average molecular weight is 445 g/mol. The molecule has 0 N–H and O–H groups in total. The van der Waals surface area contributed by atoms with Gasteiger partial charge in [-0.3, -0.25) is 24.6 Å². The predicted octanol–water partition coefficient (Wildman–Crippen LogP) is 2.36. The summed E-state index contributed by atoms with van der Waals surface area (Å²) in [4.78, 5) is 51.9. The van der Waals surface area contributed by atoms with Crippen LogP contribution in [-0.4, -0.2) is 66.5 Å². The van der Waals surface area contributed by atoms with Gasteiger partial charge < -0.3 is 14.5 Å². The molecule has 11 heteroatoms. The standard InChI is InChI=1S/C14H17N5O6.C7H10/c1-2-25-14(22)17-5-3-16(4-6-17)13-12(19(23)24)7-11(8-15-13)18(9-20)10-21;1-2-7-4-3-6(1)5-7/h7-10H,2-6H2,1H3;1-2,6-7H,3-5H2/t;6-,7?/m.1/s1. The first kappa shape index (κ1) is 23.2. The molecule has 0 spiro atoms. The van der Waals surface area contributed by atoms with E-state index in [0.717, 1.165) is 17.9 Å². The van der Waals surface area contributed by atoms with Gasteiger partial charge in [-0.05, 0) is 38.0 Å². The molecule has 1 aromatic rings. The van der Waals surface area contributed by atoms with Crippen molar-refractivity contribution in [2.24, 2.45) is 11.8 Å². The molecule has 2 bridgehead atoms. The van der Waals surface area contributed by atoms with Gasteiger partial charge in [0.1, 0.15) is 0 Å². The van der Waals surface area contributed by atoms with Crippen LogP contribution in [0, 0.1) is 22.0 Å². The number of amides is 3. The fraction of sp³-hybridized carbons (Fsp3) is 0.524. The smallest absolute Gasteiger partial charge is 0.409 e. The Morgan fingerprint density at radius 1 is 1.22 bits per heavy atom. The zero-order valence-corrected chi connectivity index (χ0v) is 18.0. The lowest BCUT2D eigenvalue weighted by molar-refractivity contribution is -0.384. The van der Waals surface area contributed by atoms with E-state index in [9.17, 15) is 24.5 Å². The van der Waals surface area contributed by atoms with Gasteiger partial charge in [-0.1, -0.05) is 12.2 Å². The zero-order chi connectivity index (χ0) is 23.1. The number of fused-ring (bicyclic) bond motifs is 2. The van der Waals surface area contributed by atoms with E-state index >= 15 is 0 Å². The number of carbonyl (C=O) groups is 3. The molecule has 32 heavy (non-hydrogen) atoms. The van der Waals surface area contributed by atoms with Crippen LogP contribution in [0.4, 0.5) is 22.0 Å². The Bertz CT molecular complexity index is 863. The molecule has 1 aliphatic heterocycles. The van der Waals surface area contributed by atoms with Gasteiger partial charge in [0.25, 0.3) is 0 Å². The third kappa shape index (κ3) is 5.40. The van der Waals surface area contributed by atoms with Crippen LogP contribution in [0.3, 0.4) is 0 Å². The van der Waals surface area contributed by atoms with Crippen molar-refractivity contribution in [2.45, 2.75) is 26.2 Å². The number of ether oxygens (including phenoxy) is 1. The van der Waals surface area contributed by atoms with E-state index in [1.165, 1.54) is 30.4 Å². The van der Waals surface area contributed by atoms with Crippen molar-refractivity contribution < 1.29 is 24.0 Å². The number of allylic oxidation sites excluding steroid dienone is 2. The number of piperazine rings is 1. The van der Waals surface area contributed by atoms with Crippen LogP contribution in [0.25, 0.3) is 0 Å². The van der Waals surface area contributed by atoms with Crippen molar-refractivity contribution in [3.8, 4) is 0 Å². The first-order chi connectivity index (χ1) is 15.5. The number of anilines is 2. The van der Waals surface area contributed by atoms with Gasteiger partial charge in [0.15, 0.2) is 0 Å². The number of aromatic nitrogens is 1. The Balaban J connectivity index is 0.000000343. The molecular weight excluding hydrogens is 418 g/mol. The molecule has 3 amide bonds. The third-order valence-electron chi connectivity index (χ3n) is 5.83. The molecule has 1 saturated heterocycles. The molecule has 1 unspecified atom stereocenters. The van der Waals surface area contributed by atoms with E-state index in [2.05, 4.69) is 17.1 Å². The average Bonchev–Trinajstić information content (AvgIpc) is 3.47. The first-order valence-electron chi connectivity index (χ1n) is 10.6. The largest absolute Gasteiger partial charge is 0.450 e.